The standard InChI is InChI=1S/C21H20N4O5S/c1-11-9-23-21(29)25(11)13-7-5-12(6-8-13)20(28)30-10-16(26)24-19-17(18(22)27)14-3-2-4-15(14)31-19/h5-9H,2-4,10H2,1H3,(H2,22,27)(H,23,29)(H,24,26). The van der Waals surface area contributed by atoms with Gasteiger partial charge in [-0.25, -0.2) is 9.59 Å². The second-order valence-corrected chi connectivity index (χ2v) is 8.27. The molecule has 0 saturated carbocycles. The molecule has 10 heteroatoms. The third-order valence-electron chi connectivity index (χ3n) is 5.08. The molecular weight excluding hydrogens is 420 g/mol. The average Bonchev–Trinajstić information content (AvgIpc) is 3.40. The van der Waals surface area contributed by atoms with Gasteiger partial charge in [-0.05, 0) is 56.0 Å². The fourth-order valence-corrected chi connectivity index (χ4v) is 4.96. The van der Waals surface area contributed by atoms with Crippen LogP contribution in [0.2, 0.25) is 0 Å². The van der Waals surface area contributed by atoms with Crippen LogP contribution < -0.4 is 16.7 Å². The van der Waals surface area contributed by atoms with Gasteiger partial charge in [0.15, 0.2) is 6.61 Å². The molecule has 0 bridgehead atoms. The van der Waals surface area contributed by atoms with E-state index in [9.17, 15) is 19.2 Å². The van der Waals surface area contributed by atoms with Crippen LogP contribution in [0.3, 0.4) is 0 Å². The van der Waals surface area contributed by atoms with Gasteiger partial charge in [0.2, 0.25) is 0 Å². The van der Waals surface area contributed by atoms with E-state index in [1.54, 1.807) is 25.3 Å². The maximum Gasteiger partial charge on any atom is 0.338 e. The Morgan fingerprint density at radius 3 is 2.61 bits per heavy atom. The van der Waals surface area contributed by atoms with Crippen LogP contribution in [0.15, 0.2) is 35.3 Å². The maximum atomic E-state index is 12.3. The molecule has 31 heavy (non-hydrogen) atoms. The molecule has 0 saturated heterocycles. The van der Waals surface area contributed by atoms with Gasteiger partial charge in [0.25, 0.3) is 11.8 Å². The molecule has 0 aliphatic heterocycles. The van der Waals surface area contributed by atoms with Crippen molar-refractivity contribution in [2.24, 2.45) is 5.73 Å². The van der Waals surface area contributed by atoms with Crippen LogP contribution in [0.25, 0.3) is 5.69 Å². The Kier molecular flexibility index (Phi) is 5.47. The normalized spacial score (nSPS) is 12.4. The number of primary amides is 1. The number of H-pyrrole nitrogens is 1. The van der Waals surface area contributed by atoms with E-state index in [-0.39, 0.29) is 11.3 Å². The van der Waals surface area contributed by atoms with Gasteiger partial charge in [-0.3, -0.25) is 14.2 Å². The number of carbonyl (C=O) groups is 3. The van der Waals surface area contributed by atoms with Crippen LogP contribution in [-0.4, -0.2) is 33.9 Å². The summed E-state index contributed by atoms with van der Waals surface area (Å²) in [5, 5.41) is 3.03. The number of thiophene rings is 1. The molecule has 0 atom stereocenters. The Labute approximate surface area is 180 Å². The first kappa shape index (κ1) is 20.6. The number of nitrogens with two attached hydrogens (primary N) is 1. The second-order valence-electron chi connectivity index (χ2n) is 7.17. The van der Waals surface area contributed by atoms with Crippen LogP contribution in [0, 0.1) is 6.92 Å². The Hall–Kier alpha value is -3.66. The van der Waals surface area contributed by atoms with Crippen LogP contribution >= 0.6 is 11.3 Å². The van der Waals surface area contributed by atoms with E-state index in [0.717, 1.165) is 35.4 Å². The van der Waals surface area contributed by atoms with Gasteiger partial charge < -0.3 is 20.8 Å². The molecule has 160 valence electrons. The number of benzene rings is 1. The van der Waals surface area contributed by atoms with Crippen LogP contribution in [-0.2, 0) is 22.4 Å². The molecule has 9 nitrogen and oxygen atoms in total. The quantitative estimate of drug-likeness (QED) is 0.503. The molecule has 2 amide bonds. The molecule has 0 unspecified atom stereocenters. The monoisotopic (exact) mass is 440 g/mol. The number of esters is 1. The molecule has 2 aromatic heterocycles. The minimum Gasteiger partial charge on any atom is -0.452 e. The van der Waals surface area contributed by atoms with Crippen molar-refractivity contribution in [3.05, 3.63) is 68.2 Å². The summed E-state index contributed by atoms with van der Waals surface area (Å²) in [7, 11) is 0. The molecule has 2 heterocycles. The Bertz CT molecular complexity index is 1240. The Morgan fingerprint density at radius 1 is 1.23 bits per heavy atom. The minimum absolute atomic E-state index is 0.241. The first-order valence-corrected chi connectivity index (χ1v) is 10.5. The summed E-state index contributed by atoms with van der Waals surface area (Å²) >= 11 is 1.33. The van der Waals surface area contributed by atoms with E-state index in [0.29, 0.717) is 16.3 Å². The lowest BCUT2D eigenvalue weighted by Gasteiger charge is -2.08. The van der Waals surface area contributed by atoms with Crippen molar-refractivity contribution in [1.82, 2.24) is 9.55 Å². The van der Waals surface area contributed by atoms with E-state index in [4.69, 9.17) is 10.5 Å². The zero-order chi connectivity index (χ0) is 22.1. The number of nitrogens with one attached hydrogen (secondary N) is 2. The Balaban J connectivity index is 1.39. The number of nitrogens with zero attached hydrogens (tertiary/aromatic N) is 1. The molecule has 0 spiro atoms. The van der Waals surface area contributed by atoms with Gasteiger partial charge in [0.1, 0.15) is 5.00 Å². The first-order chi connectivity index (χ1) is 14.8. The van der Waals surface area contributed by atoms with Crippen molar-refractivity contribution in [2.75, 3.05) is 11.9 Å². The Morgan fingerprint density at radius 2 is 1.97 bits per heavy atom. The lowest BCUT2D eigenvalue weighted by molar-refractivity contribution is -0.119. The van der Waals surface area contributed by atoms with Gasteiger partial charge in [-0.2, -0.15) is 0 Å². The summed E-state index contributed by atoms with van der Waals surface area (Å²) in [5.41, 5.74) is 8.03. The highest BCUT2D eigenvalue weighted by Crippen LogP contribution is 2.38. The van der Waals surface area contributed by atoms with Crippen molar-refractivity contribution >= 4 is 34.1 Å². The van der Waals surface area contributed by atoms with E-state index in [2.05, 4.69) is 10.3 Å². The number of aromatic nitrogens is 2. The second kappa shape index (κ2) is 8.23. The highest BCUT2D eigenvalue weighted by atomic mass is 32.1. The van der Waals surface area contributed by atoms with Crippen LogP contribution in [0.1, 0.15) is 43.3 Å². The van der Waals surface area contributed by atoms with E-state index in [1.165, 1.54) is 28.0 Å². The van der Waals surface area contributed by atoms with Crippen molar-refractivity contribution < 1.29 is 19.1 Å². The third-order valence-corrected chi connectivity index (χ3v) is 6.28. The van der Waals surface area contributed by atoms with Crippen molar-refractivity contribution in [3.8, 4) is 5.69 Å². The highest BCUT2D eigenvalue weighted by molar-refractivity contribution is 7.17. The zero-order valence-corrected chi connectivity index (χ0v) is 17.5. The largest absolute Gasteiger partial charge is 0.452 e. The molecular formula is C21H20N4O5S. The van der Waals surface area contributed by atoms with Crippen molar-refractivity contribution in [3.63, 3.8) is 0 Å². The molecule has 1 aliphatic carbocycles. The minimum atomic E-state index is -0.677. The van der Waals surface area contributed by atoms with Crippen LogP contribution in [0.5, 0.6) is 0 Å². The summed E-state index contributed by atoms with van der Waals surface area (Å²) in [6, 6.07) is 6.27. The number of hydrogen-bond donors (Lipinski definition) is 3. The smallest absolute Gasteiger partial charge is 0.338 e. The van der Waals surface area contributed by atoms with Gasteiger partial charge in [-0.1, -0.05) is 0 Å². The van der Waals surface area contributed by atoms with Gasteiger partial charge in [0.05, 0.1) is 16.8 Å². The van der Waals surface area contributed by atoms with Gasteiger partial charge >= 0.3 is 11.7 Å². The number of aromatic amines is 1. The maximum absolute atomic E-state index is 12.3. The predicted molar refractivity (Wildman–Crippen MR) is 115 cm³/mol. The average molecular weight is 440 g/mol. The predicted octanol–water partition coefficient (Wildman–Crippen LogP) is 1.92. The fraction of sp³-hybridized carbons (Fsp3) is 0.238. The summed E-state index contributed by atoms with van der Waals surface area (Å²) in [6.07, 6.45) is 4.17. The third kappa shape index (κ3) is 4.02. The number of rotatable bonds is 6. The van der Waals surface area contributed by atoms with Gasteiger partial charge in [0, 0.05) is 16.8 Å². The number of aryl methyl sites for hydroxylation is 2. The van der Waals surface area contributed by atoms with E-state index in [1.807, 2.05) is 0 Å². The van der Waals surface area contributed by atoms with Gasteiger partial charge in [-0.15, -0.1) is 11.3 Å². The van der Waals surface area contributed by atoms with Crippen LogP contribution in [0.4, 0.5) is 5.00 Å². The van der Waals surface area contributed by atoms with Crippen molar-refractivity contribution in [1.29, 1.82) is 0 Å². The first-order valence-electron chi connectivity index (χ1n) is 9.64. The lowest BCUT2D eigenvalue weighted by Crippen LogP contribution is -2.22. The lowest BCUT2D eigenvalue weighted by atomic mass is 10.1. The molecule has 1 aromatic carbocycles. The molecule has 1 aliphatic rings. The number of fused-ring (bicyclic) bond motifs is 1. The number of carbonyl (C=O) groups excluding carboxylic acids is 3. The highest BCUT2D eigenvalue weighted by Gasteiger charge is 2.26. The topological polar surface area (TPSA) is 136 Å². The molecule has 4 N–H and O–H groups in total. The SMILES string of the molecule is Cc1c[nH]c(=O)n1-c1ccc(C(=O)OCC(=O)Nc2sc3c(c2C(N)=O)CCC3)cc1. The summed E-state index contributed by atoms with van der Waals surface area (Å²) < 4.78 is 6.55. The summed E-state index contributed by atoms with van der Waals surface area (Å²) in [5.74, 6) is -1.81. The number of hydrogen-bond acceptors (Lipinski definition) is 6. The van der Waals surface area contributed by atoms with E-state index >= 15 is 0 Å². The molecule has 3 aromatic rings. The molecule has 4 rings (SSSR count). The summed E-state index contributed by atoms with van der Waals surface area (Å²) in [6.45, 7) is 1.28. The van der Waals surface area contributed by atoms with E-state index < -0.39 is 24.4 Å². The summed E-state index contributed by atoms with van der Waals surface area (Å²) in [4.78, 5) is 51.8. The zero-order valence-electron chi connectivity index (χ0n) is 16.7. The number of imidazole rings is 1. The number of ether oxygens (including phenoxy) is 1. The van der Waals surface area contributed by atoms with Crippen molar-refractivity contribution in [2.45, 2.75) is 26.2 Å². The fourth-order valence-electron chi connectivity index (χ4n) is 3.65. The molecule has 0 radical (unpaired) electrons. The molecule has 0 fully saturated rings. The number of amides is 2. The number of anilines is 1.